The SMILES string of the molecule is CN(C)C(=O)c1cncc(C(=O)O)n1. The number of amides is 1. The fourth-order valence-corrected chi connectivity index (χ4v) is 0.801. The lowest BCUT2D eigenvalue weighted by Crippen LogP contribution is -2.23. The monoisotopic (exact) mass is 195 g/mol. The van der Waals surface area contributed by atoms with Gasteiger partial charge in [-0.1, -0.05) is 0 Å². The minimum atomic E-state index is -1.20. The van der Waals surface area contributed by atoms with E-state index in [1.807, 2.05) is 0 Å². The van der Waals surface area contributed by atoms with Crippen molar-refractivity contribution >= 4 is 11.9 Å². The highest BCUT2D eigenvalue weighted by Gasteiger charge is 2.13. The van der Waals surface area contributed by atoms with Crippen molar-refractivity contribution in [3.8, 4) is 0 Å². The molecule has 0 saturated carbocycles. The molecule has 1 rings (SSSR count). The van der Waals surface area contributed by atoms with E-state index < -0.39 is 5.97 Å². The van der Waals surface area contributed by atoms with Crippen LogP contribution in [-0.4, -0.2) is 45.9 Å². The van der Waals surface area contributed by atoms with Crippen LogP contribution in [-0.2, 0) is 0 Å². The van der Waals surface area contributed by atoms with Crippen molar-refractivity contribution in [3.05, 3.63) is 23.8 Å². The Bertz CT molecular complexity index is 376. The summed E-state index contributed by atoms with van der Waals surface area (Å²) in [5.74, 6) is -1.58. The summed E-state index contributed by atoms with van der Waals surface area (Å²) in [5, 5.41) is 8.60. The van der Waals surface area contributed by atoms with Crippen molar-refractivity contribution in [2.45, 2.75) is 0 Å². The van der Waals surface area contributed by atoms with Crippen LogP contribution in [0, 0.1) is 0 Å². The largest absolute Gasteiger partial charge is 0.476 e. The number of hydrogen-bond donors (Lipinski definition) is 1. The minimum absolute atomic E-state index is 0.0231. The summed E-state index contributed by atoms with van der Waals surface area (Å²) in [6.07, 6.45) is 2.32. The lowest BCUT2D eigenvalue weighted by molar-refractivity contribution is 0.0689. The van der Waals surface area contributed by atoms with Gasteiger partial charge in [0.05, 0.1) is 12.4 Å². The fourth-order valence-electron chi connectivity index (χ4n) is 0.801. The summed E-state index contributed by atoms with van der Waals surface area (Å²) in [6, 6.07) is 0. The zero-order valence-electron chi connectivity index (χ0n) is 7.76. The zero-order chi connectivity index (χ0) is 10.7. The number of carbonyl (C=O) groups is 2. The van der Waals surface area contributed by atoms with Crippen molar-refractivity contribution < 1.29 is 14.7 Å². The van der Waals surface area contributed by atoms with Gasteiger partial charge in [-0.3, -0.25) is 9.78 Å². The molecule has 1 amide bonds. The van der Waals surface area contributed by atoms with Gasteiger partial charge in [0.15, 0.2) is 5.69 Å². The van der Waals surface area contributed by atoms with Gasteiger partial charge in [0.1, 0.15) is 5.69 Å². The molecule has 0 aromatic carbocycles. The van der Waals surface area contributed by atoms with Gasteiger partial charge in [0, 0.05) is 14.1 Å². The molecule has 14 heavy (non-hydrogen) atoms. The predicted molar refractivity (Wildman–Crippen MR) is 47.0 cm³/mol. The van der Waals surface area contributed by atoms with E-state index in [2.05, 4.69) is 9.97 Å². The van der Waals surface area contributed by atoms with Crippen LogP contribution in [0.5, 0.6) is 0 Å². The molecule has 0 spiro atoms. The highest BCUT2D eigenvalue weighted by atomic mass is 16.4. The second-order valence-electron chi connectivity index (χ2n) is 2.79. The Morgan fingerprint density at radius 2 is 1.86 bits per heavy atom. The quantitative estimate of drug-likeness (QED) is 0.711. The van der Waals surface area contributed by atoms with Crippen LogP contribution in [0.1, 0.15) is 21.0 Å². The molecule has 74 valence electrons. The van der Waals surface area contributed by atoms with Gasteiger partial charge in [0.2, 0.25) is 0 Å². The molecule has 0 atom stereocenters. The van der Waals surface area contributed by atoms with E-state index in [4.69, 9.17) is 5.11 Å². The molecule has 0 bridgehead atoms. The van der Waals surface area contributed by atoms with Crippen molar-refractivity contribution in [3.63, 3.8) is 0 Å². The molecule has 0 saturated heterocycles. The third-order valence-corrected chi connectivity index (χ3v) is 1.48. The smallest absolute Gasteiger partial charge is 0.356 e. The molecule has 0 aliphatic heterocycles. The standard InChI is InChI=1S/C8H9N3O3/c1-11(2)7(12)5-3-9-4-6(10-5)8(13)14/h3-4H,1-2H3,(H,13,14). The summed E-state index contributed by atoms with van der Waals surface area (Å²) in [5.41, 5.74) is -0.215. The zero-order valence-corrected chi connectivity index (χ0v) is 7.76. The maximum Gasteiger partial charge on any atom is 0.356 e. The van der Waals surface area contributed by atoms with Gasteiger partial charge >= 0.3 is 5.97 Å². The van der Waals surface area contributed by atoms with Gasteiger partial charge in [-0.05, 0) is 0 Å². The molecular weight excluding hydrogens is 186 g/mol. The average Bonchev–Trinajstić information content (AvgIpc) is 2.16. The number of rotatable bonds is 2. The number of hydrogen-bond acceptors (Lipinski definition) is 4. The summed E-state index contributed by atoms with van der Waals surface area (Å²) in [4.78, 5) is 30.4. The van der Waals surface area contributed by atoms with Crippen LogP contribution in [0.3, 0.4) is 0 Å². The third-order valence-electron chi connectivity index (χ3n) is 1.48. The van der Waals surface area contributed by atoms with Crippen LogP contribution >= 0.6 is 0 Å². The number of nitrogens with zero attached hydrogens (tertiary/aromatic N) is 3. The first-order valence-electron chi connectivity index (χ1n) is 3.79. The minimum Gasteiger partial charge on any atom is -0.476 e. The van der Waals surface area contributed by atoms with Crippen LogP contribution in [0.2, 0.25) is 0 Å². The lowest BCUT2D eigenvalue weighted by Gasteiger charge is -2.08. The van der Waals surface area contributed by atoms with Gasteiger partial charge in [-0.2, -0.15) is 0 Å². The summed E-state index contributed by atoms with van der Waals surface area (Å²) >= 11 is 0. The molecule has 1 aromatic rings. The molecule has 0 aliphatic carbocycles. The highest BCUT2D eigenvalue weighted by Crippen LogP contribution is 1.99. The molecule has 6 nitrogen and oxygen atoms in total. The second-order valence-corrected chi connectivity index (χ2v) is 2.79. The second kappa shape index (κ2) is 3.82. The Balaban J connectivity index is 3.06. The number of carbonyl (C=O) groups excluding carboxylic acids is 1. The predicted octanol–water partition coefficient (Wildman–Crippen LogP) is -0.123. The van der Waals surface area contributed by atoms with E-state index in [1.165, 1.54) is 11.1 Å². The van der Waals surface area contributed by atoms with Crippen molar-refractivity contribution in [2.75, 3.05) is 14.1 Å². The first-order chi connectivity index (χ1) is 6.52. The Labute approximate surface area is 80.2 Å². The van der Waals surface area contributed by atoms with Crippen LogP contribution in [0.15, 0.2) is 12.4 Å². The number of aromatic carboxylic acids is 1. The average molecular weight is 195 g/mol. The summed E-state index contributed by atoms with van der Waals surface area (Å²) < 4.78 is 0. The van der Waals surface area contributed by atoms with E-state index in [-0.39, 0.29) is 17.3 Å². The number of aromatic nitrogens is 2. The van der Waals surface area contributed by atoms with Gasteiger partial charge in [-0.15, -0.1) is 0 Å². The van der Waals surface area contributed by atoms with Crippen LogP contribution in [0.4, 0.5) is 0 Å². The van der Waals surface area contributed by atoms with Crippen LogP contribution in [0.25, 0.3) is 0 Å². The number of carboxylic acids is 1. The summed E-state index contributed by atoms with van der Waals surface area (Å²) in [6.45, 7) is 0. The van der Waals surface area contributed by atoms with Crippen molar-refractivity contribution in [2.24, 2.45) is 0 Å². The first kappa shape index (κ1) is 10.1. The van der Waals surface area contributed by atoms with Gasteiger partial charge < -0.3 is 10.0 Å². The molecule has 0 unspecified atom stereocenters. The van der Waals surface area contributed by atoms with Gasteiger partial charge in [0.25, 0.3) is 5.91 Å². The lowest BCUT2D eigenvalue weighted by atomic mass is 10.3. The Hall–Kier alpha value is -1.98. The molecule has 1 heterocycles. The van der Waals surface area contributed by atoms with E-state index >= 15 is 0 Å². The third kappa shape index (κ3) is 2.03. The first-order valence-corrected chi connectivity index (χ1v) is 3.79. The highest BCUT2D eigenvalue weighted by molar-refractivity contribution is 5.93. The molecule has 6 heteroatoms. The maximum absolute atomic E-state index is 11.3. The molecule has 1 aromatic heterocycles. The van der Waals surface area contributed by atoms with E-state index in [0.29, 0.717) is 0 Å². The Kier molecular flexibility index (Phi) is 2.76. The maximum atomic E-state index is 11.3. The Morgan fingerprint density at radius 1 is 1.29 bits per heavy atom. The molecule has 1 N–H and O–H groups in total. The molecule has 0 radical (unpaired) electrons. The molecular formula is C8H9N3O3. The Morgan fingerprint density at radius 3 is 2.36 bits per heavy atom. The summed E-state index contributed by atoms with van der Waals surface area (Å²) in [7, 11) is 3.11. The molecule has 0 aliphatic rings. The van der Waals surface area contributed by atoms with Crippen molar-refractivity contribution in [1.29, 1.82) is 0 Å². The molecule has 0 fully saturated rings. The van der Waals surface area contributed by atoms with Gasteiger partial charge in [-0.25, -0.2) is 9.78 Å². The normalized spacial score (nSPS) is 9.57. The van der Waals surface area contributed by atoms with E-state index in [1.54, 1.807) is 14.1 Å². The van der Waals surface area contributed by atoms with E-state index in [9.17, 15) is 9.59 Å². The number of carboxylic acid groups (broad SMARTS) is 1. The topological polar surface area (TPSA) is 83.4 Å². The van der Waals surface area contributed by atoms with Crippen LogP contribution < -0.4 is 0 Å². The van der Waals surface area contributed by atoms with E-state index in [0.717, 1.165) is 6.20 Å². The fraction of sp³-hybridized carbons (Fsp3) is 0.250. The van der Waals surface area contributed by atoms with Crippen molar-refractivity contribution in [1.82, 2.24) is 14.9 Å².